The fourth-order valence-corrected chi connectivity index (χ4v) is 1.28. The Morgan fingerprint density at radius 3 is 2.15 bits per heavy atom. The van der Waals surface area contributed by atoms with E-state index in [1.165, 1.54) is 6.42 Å². The van der Waals surface area contributed by atoms with Gasteiger partial charge in [0.1, 0.15) is 0 Å². The first-order valence-corrected chi connectivity index (χ1v) is 5.69. The maximum absolute atomic E-state index is 5.78. The molecule has 0 saturated heterocycles. The second-order valence-electron chi connectivity index (χ2n) is 5.19. The molecule has 1 nitrogen and oxygen atoms in total. The number of hydrogen-bond donors (Lipinski definition) is 1. The molecule has 0 aliphatic carbocycles. The van der Waals surface area contributed by atoms with E-state index in [1.807, 2.05) is 0 Å². The van der Waals surface area contributed by atoms with Crippen LogP contribution in [0, 0.1) is 11.3 Å². The third-order valence-corrected chi connectivity index (χ3v) is 2.93. The van der Waals surface area contributed by atoms with Gasteiger partial charge in [-0.1, -0.05) is 27.7 Å². The van der Waals surface area contributed by atoms with Gasteiger partial charge < -0.3 is 5.32 Å². The lowest BCUT2D eigenvalue weighted by molar-refractivity contribution is 0.339. The van der Waals surface area contributed by atoms with Gasteiger partial charge in [0.2, 0.25) is 0 Å². The van der Waals surface area contributed by atoms with E-state index >= 15 is 0 Å². The lowest BCUT2D eigenvalue weighted by Gasteiger charge is -2.23. The van der Waals surface area contributed by atoms with Crippen LogP contribution in [0.2, 0.25) is 0 Å². The zero-order chi connectivity index (χ0) is 10.5. The molecule has 0 bridgehead atoms. The first-order valence-electron chi connectivity index (χ1n) is 5.16. The molecule has 0 aliphatic rings. The van der Waals surface area contributed by atoms with Crippen LogP contribution in [0.4, 0.5) is 0 Å². The molecule has 0 saturated carbocycles. The molecular formula is C11H24ClN. The van der Waals surface area contributed by atoms with Crippen LogP contribution < -0.4 is 5.32 Å². The summed E-state index contributed by atoms with van der Waals surface area (Å²) >= 11 is 5.78. The van der Waals surface area contributed by atoms with Crippen LogP contribution in [0.3, 0.4) is 0 Å². The van der Waals surface area contributed by atoms with E-state index in [-0.39, 0.29) is 0 Å². The fraction of sp³-hybridized carbons (Fsp3) is 1.00. The summed E-state index contributed by atoms with van der Waals surface area (Å²) in [5.74, 6) is 1.30. The molecule has 0 fully saturated rings. The number of hydrogen-bond acceptors (Lipinski definition) is 1. The fourth-order valence-electron chi connectivity index (χ4n) is 1.01. The summed E-state index contributed by atoms with van der Waals surface area (Å²) in [4.78, 5) is 0. The molecule has 0 amide bonds. The van der Waals surface area contributed by atoms with Crippen LogP contribution in [0.1, 0.15) is 41.0 Å². The predicted molar refractivity (Wildman–Crippen MR) is 61.4 cm³/mol. The predicted octanol–water partition coefficient (Wildman–Crippen LogP) is 3.28. The van der Waals surface area contributed by atoms with Crippen molar-refractivity contribution in [2.45, 2.75) is 47.1 Å². The number of nitrogens with one attached hydrogen (secondary N) is 1. The summed E-state index contributed by atoms with van der Waals surface area (Å²) in [7, 11) is 0. The van der Waals surface area contributed by atoms with Crippen molar-refractivity contribution in [3.05, 3.63) is 0 Å². The van der Waals surface area contributed by atoms with E-state index < -0.39 is 0 Å². The van der Waals surface area contributed by atoms with Crippen LogP contribution in [0.5, 0.6) is 0 Å². The summed E-state index contributed by atoms with van der Waals surface area (Å²) < 4.78 is 0. The first kappa shape index (κ1) is 13.2. The molecule has 2 atom stereocenters. The van der Waals surface area contributed by atoms with Crippen molar-refractivity contribution in [2.24, 2.45) is 11.3 Å². The topological polar surface area (TPSA) is 12.0 Å². The highest BCUT2D eigenvalue weighted by atomic mass is 35.5. The van der Waals surface area contributed by atoms with Gasteiger partial charge in [-0.2, -0.15) is 0 Å². The smallest absolute Gasteiger partial charge is 0.0263 e. The van der Waals surface area contributed by atoms with Crippen molar-refractivity contribution in [2.75, 3.05) is 12.4 Å². The van der Waals surface area contributed by atoms with E-state index in [0.717, 1.165) is 12.4 Å². The van der Waals surface area contributed by atoms with Crippen molar-refractivity contribution in [1.82, 2.24) is 5.32 Å². The van der Waals surface area contributed by atoms with Crippen LogP contribution in [0.25, 0.3) is 0 Å². The zero-order valence-corrected chi connectivity index (χ0v) is 10.4. The summed E-state index contributed by atoms with van der Waals surface area (Å²) in [5, 5.41) is 3.51. The highest BCUT2D eigenvalue weighted by Gasteiger charge is 2.13. The van der Waals surface area contributed by atoms with Gasteiger partial charge in [0.05, 0.1) is 0 Å². The van der Waals surface area contributed by atoms with Crippen LogP contribution in [-0.2, 0) is 0 Å². The second-order valence-corrected chi connectivity index (χ2v) is 5.49. The molecule has 0 radical (unpaired) electrons. The van der Waals surface area contributed by atoms with Crippen molar-refractivity contribution in [3.8, 4) is 0 Å². The molecule has 13 heavy (non-hydrogen) atoms. The number of rotatable bonds is 5. The molecule has 0 aromatic heterocycles. The molecule has 0 heterocycles. The van der Waals surface area contributed by atoms with Gasteiger partial charge in [-0.15, -0.1) is 11.6 Å². The summed E-state index contributed by atoms with van der Waals surface area (Å²) in [6.45, 7) is 12.3. The molecule has 1 N–H and O–H groups in total. The van der Waals surface area contributed by atoms with Crippen molar-refractivity contribution in [1.29, 1.82) is 0 Å². The van der Waals surface area contributed by atoms with Gasteiger partial charge in [0.15, 0.2) is 0 Å². The van der Waals surface area contributed by atoms with Gasteiger partial charge in [0, 0.05) is 11.9 Å². The average Bonchev–Trinajstić information content (AvgIpc) is 2.00. The van der Waals surface area contributed by atoms with Gasteiger partial charge in [-0.05, 0) is 31.2 Å². The maximum Gasteiger partial charge on any atom is 0.0263 e. The number of alkyl halides is 1. The Kier molecular flexibility index (Phi) is 5.98. The van der Waals surface area contributed by atoms with E-state index in [1.54, 1.807) is 0 Å². The van der Waals surface area contributed by atoms with Crippen molar-refractivity contribution < 1.29 is 0 Å². The highest BCUT2D eigenvalue weighted by Crippen LogP contribution is 2.17. The van der Waals surface area contributed by atoms with Gasteiger partial charge in [-0.3, -0.25) is 0 Å². The van der Waals surface area contributed by atoms with Gasteiger partial charge >= 0.3 is 0 Å². The average molecular weight is 206 g/mol. The third-order valence-electron chi connectivity index (χ3n) is 2.44. The maximum atomic E-state index is 5.78. The highest BCUT2D eigenvalue weighted by molar-refractivity contribution is 6.18. The Labute approximate surface area is 88.2 Å². The minimum Gasteiger partial charge on any atom is -0.314 e. The molecule has 0 aliphatic heterocycles. The Morgan fingerprint density at radius 1 is 1.23 bits per heavy atom. The quantitative estimate of drug-likeness (QED) is 0.680. The Balaban J connectivity index is 3.53. The summed E-state index contributed by atoms with van der Waals surface area (Å²) in [6.07, 6.45) is 1.21. The minimum absolute atomic E-state index is 0.428. The third kappa shape index (κ3) is 7.33. The van der Waals surface area contributed by atoms with Gasteiger partial charge in [-0.25, -0.2) is 0 Å². The standard InChI is InChI=1S/C11H24ClN/c1-9(8-12)10(2)13-7-6-11(3,4)5/h9-10,13H,6-8H2,1-5H3. The molecule has 0 rings (SSSR count). The molecular weight excluding hydrogens is 182 g/mol. The van der Waals surface area contributed by atoms with E-state index in [0.29, 0.717) is 17.4 Å². The molecule has 0 spiro atoms. The monoisotopic (exact) mass is 205 g/mol. The minimum atomic E-state index is 0.428. The first-order chi connectivity index (χ1) is 5.87. The molecule has 0 aromatic carbocycles. The lowest BCUT2D eigenvalue weighted by Crippen LogP contribution is -2.34. The van der Waals surface area contributed by atoms with Crippen LogP contribution in [-0.4, -0.2) is 18.5 Å². The Hall–Kier alpha value is 0.250. The van der Waals surface area contributed by atoms with Crippen molar-refractivity contribution >= 4 is 11.6 Å². The second kappa shape index (κ2) is 5.87. The normalized spacial score (nSPS) is 17.1. The van der Waals surface area contributed by atoms with Gasteiger partial charge in [0.25, 0.3) is 0 Å². The SMILES string of the molecule is CC(CCl)C(C)NCCC(C)(C)C. The summed E-state index contributed by atoms with van der Waals surface area (Å²) in [5.41, 5.74) is 0.428. The number of halogens is 1. The van der Waals surface area contributed by atoms with Crippen LogP contribution >= 0.6 is 11.6 Å². The molecule has 0 aromatic rings. The largest absolute Gasteiger partial charge is 0.314 e. The molecule has 2 heteroatoms. The van der Waals surface area contributed by atoms with E-state index in [4.69, 9.17) is 11.6 Å². The van der Waals surface area contributed by atoms with Crippen LogP contribution in [0.15, 0.2) is 0 Å². The Morgan fingerprint density at radius 2 is 1.77 bits per heavy atom. The molecule has 2 unspecified atom stereocenters. The molecule has 80 valence electrons. The van der Waals surface area contributed by atoms with Crippen molar-refractivity contribution in [3.63, 3.8) is 0 Å². The Bertz CT molecular complexity index is 129. The summed E-state index contributed by atoms with van der Waals surface area (Å²) in [6, 6.07) is 0.528. The zero-order valence-electron chi connectivity index (χ0n) is 9.65. The van der Waals surface area contributed by atoms with E-state index in [9.17, 15) is 0 Å². The van der Waals surface area contributed by atoms with E-state index in [2.05, 4.69) is 39.9 Å². The lowest BCUT2D eigenvalue weighted by atomic mass is 9.92.